The number of hydrogen-bond acceptors (Lipinski definition) is 3. The summed E-state index contributed by atoms with van der Waals surface area (Å²) in [6.45, 7) is 3.98. The molecule has 1 aromatic rings. The molecule has 4 aliphatic rings. The Morgan fingerprint density at radius 1 is 1.25 bits per heavy atom. The van der Waals surface area contributed by atoms with Crippen LogP contribution in [-0.4, -0.2) is 17.9 Å². The molecule has 4 nitrogen and oxygen atoms in total. The number of nitrogens with two attached hydrogens (primary N) is 1. The minimum absolute atomic E-state index is 0.103. The fourth-order valence-corrected chi connectivity index (χ4v) is 6.47. The van der Waals surface area contributed by atoms with Crippen LogP contribution in [0.1, 0.15) is 51.5 Å². The zero-order valence-corrected chi connectivity index (χ0v) is 15.2. The Labute approximate surface area is 147 Å². The zero-order valence-electron chi connectivity index (χ0n) is 14.4. The molecule has 5 rings (SSSR count). The van der Waals surface area contributed by atoms with E-state index < -0.39 is 5.41 Å². The molecule has 5 heteroatoms. The molecule has 4 bridgehead atoms. The van der Waals surface area contributed by atoms with Gasteiger partial charge in [-0.1, -0.05) is 0 Å². The number of amides is 2. The smallest absolute Gasteiger partial charge is 0.230 e. The number of nitrogens with one attached hydrogen (secondary N) is 1. The lowest BCUT2D eigenvalue weighted by Crippen LogP contribution is -2.63. The Morgan fingerprint density at radius 3 is 2.46 bits per heavy atom. The summed E-state index contributed by atoms with van der Waals surface area (Å²) in [5.41, 5.74) is 6.01. The first kappa shape index (κ1) is 16.1. The summed E-state index contributed by atoms with van der Waals surface area (Å²) in [5.74, 6) is 1.42. The second-order valence-corrected chi connectivity index (χ2v) is 9.53. The maximum absolute atomic E-state index is 13.0. The molecule has 3 N–H and O–H groups in total. The average Bonchev–Trinajstić information content (AvgIpc) is 3.05. The van der Waals surface area contributed by atoms with Crippen molar-refractivity contribution in [3.8, 4) is 0 Å². The van der Waals surface area contributed by atoms with E-state index >= 15 is 0 Å². The molecule has 4 aliphatic carbocycles. The van der Waals surface area contributed by atoms with Crippen LogP contribution in [0.3, 0.4) is 0 Å². The number of hydrogen-bond donors (Lipinski definition) is 2. The molecule has 130 valence electrons. The highest BCUT2D eigenvalue weighted by molar-refractivity contribution is 7.08. The second kappa shape index (κ2) is 5.32. The van der Waals surface area contributed by atoms with Crippen LogP contribution >= 0.6 is 11.3 Å². The molecule has 24 heavy (non-hydrogen) atoms. The summed E-state index contributed by atoms with van der Waals surface area (Å²) in [4.78, 5) is 25.0. The molecule has 5 atom stereocenters. The van der Waals surface area contributed by atoms with Gasteiger partial charge in [0.05, 0.1) is 5.41 Å². The number of rotatable bonds is 4. The fraction of sp³-hybridized carbons (Fsp3) is 0.684. The maximum atomic E-state index is 13.0. The SMILES string of the molecule is CC(C)(C(=O)NC1[C@@H]2CC3C[C@H]1CC(C(N)=O)(C3)C2)c1ccsc1. The quantitative estimate of drug-likeness (QED) is 0.880. The monoisotopic (exact) mass is 346 g/mol. The van der Waals surface area contributed by atoms with Crippen LogP contribution in [0, 0.1) is 23.2 Å². The highest BCUT2D eigenvalue weighted by atomic mass is 32.1. The molecule has 1 aromatic heterocycles. The summed E-state index contributed by atoms with van der Waals surface area (Å²) in [5, 5.41) is 7.43. The van der Waals surface area contributed by atoms with E-state index in [1.165, 1.54) is 0 Å². The van der Waals surface area contributed by atoms with E-state index in [1.54, 1.807) is 11.3 Å². The molecule has 2 amide bonds. The van der Waals surface area contributed by atoms with Gasteiger partial charge < -0.3 is 11.1 Å². The van der Waals surface area contributed by atoms with Gasteiger partial charge in [0.25, 0.3) is 0 Å². The van der Waals surface area contributed by atoms with Gasteiger partial charge in [0, 0.05) is 11.5 Å². The molecular weight excluding hydrogens is 320 g/mol. The van der Waals surface area contributed by atoms with E-state index in [0.29, 0.717) is 17.8 Å². The van der Waals surface area contributed by atoms with E-state index in [2.05, 4.69) is 10.7 Å². The van der Waals surface area contributed by atoms with Gasteiger partial charge in [0.1, 0.15) is 0 Å². The van der Waals surface area contributed by atoms with Gasteiger partial charge in [-0.15, -0.1) is 0 Å². The third kappa shape index (κ3) is 2.32. The van der Waals surface area contributed by atoms with Crippen LogP contribution in [0.4, 0.5) is 0 Å². The second-order valence-electron chi connectivity index (χ2n) is 8.75. The highest BCUT2D eigenvalue weighted by Crippen LogP contribution is 2.60. The molecule has 0 aliphatic heterocycles. The molecule has 0 radical (unpaired) electrons. The van der Waals surface area contributed by atoms with Crippen LogP contribution in [0.5, 0.6) is 0 Å². The summed E-state index contributed by atoms with van der Waals surface area (Å²) in [6, 6.07) is 2.24. The van der Waals surface area contributed by atoms with Gasteiger partial charge in [0.2, 0.25) is 11.8 Å². The van der Waals surface area contributed by atoms with Gasteiger partial charge >= 0.3 is 0 Å². The summed E-state index contributed by atoms with van der Waals surface area (Å²) in [6.07, 6.45) is 4.96. The largest absolute Gasteiger partial charge is 0.369 e. The summed E-state index contributed by atoms with van der Waals surface area (Å²) < 4.78 is 0. The highest BCUT2D eigenvalue weighted by Gasteiger charge is 2.58. The minimum Gasteiger partial charge on any atom is -0.369 e. The number of carbonyl (C=O) groups excluding carboxylic acids is 2. The van der Waals surface area contributed by atoms with Crippen molar-refractivity contribution in [3.63, 3.8) is 0 Å². The Hall–Kier alpha value is -1.36. The van der Waals surface area contributed by atoms with Crippen LogP contribution < -0.4 is 11.1 Å². The van der Waals surface area contributed by atoms with Crippen molar-refractivity contribution in [2.75, 3.05) is 0 Å². The van der Waals surface area contributed by atoms with Crippen molar-refractivity contribution >= 4 is 23.2 Å². The number of primary amides is 1. The standard InChI is InChI=1S/C19H26N2O2S/c1-18(2,14-3-4-24-10-14)17(23)21-15-12-5-11-6-13(15)9-19(7-11,8-12)16(20)22/h3-4,10-13,15H,5-9H2,1-2H3,(H2,20,22)(H,21,23)/t11?,12-,13+,15?,19?. The average molecular weight is 346 g/mol. The van der Waals surface area contributed by atoms with E-state index in [-0.39, 0.29) is 23.3 Å². The van der Waals surface area contributed by atoms with Crippen LogP contribution in [0.25, 0.3) is 0 Å². The Bertz CT molecular complexity index is 651. The summed E-state index contributed by atoms with van der Waals surface area (Å²) >= 11 is 1.62. The molecular formula is C19H26N2O2S. The predicted octanol–water partition coefficient (Wildman–Crippen LogP) is 2.82. The fourth-order valence-electron chi connectivity index (χ4n) is 5.64. The maximum Gasteiger partial charge on any atom is 0.230 e. The minimum atomic E-state index is -0.518. The topological polar surface area (TPSA) is 72.2 Å². The van der Waals surface area contributed by atoms with Crippen molar-refractivity contribution in [3.05, 3.63) is 22.4 Å². The van der Waals surface area contributed by atoms with E-state index in [4.69, 9.17) is 5.73 Å². The van der Waals surface area contributed by atoms with E-state index in [1.807, 2.05) is 25.3 Å². The van der Waals surface area contributed by atoms with Crippen LogP contribution in [0.15, 0.2) is 16.8 Å². The number of carbonyl (C=O) groups is 2. The van der Waals surface area contributed by atoms with E-state index in [9.17, 15) is 9.59 Å². The van der Waals surface area contributed by atoms with E-state index in [0.717, 1.165) is 37.7 Å². The normalized spacial score (nSPS) is 37.4. The molecule has 0 aromatic carbocycles. The van der Waals surface area contributed by atoms with Gasteiger partial charge in [-0.25, -0.2) is 0 Å². The van der Waals surface area contributed by atoms with Crippen molar-refractivity contribution in [1.29, 1.82) is 0 Å². The van der Waals surface area contributed by atoms with Crippen LogP contribution in [0.2, 0.25) is 0 Å². The van der Waals surface area contributed by atoms with Gasteiger partial charge in [-0.05, 0) is 86.1 Å². The lowest BCUT2D eigenvalue weighted by Gasteiger charge is -2.59. The molecule has 0 saturated heterocycles. The zero-order chi connectivity index (χ0) is 17.1. The third-order valence-electron chi connectivity index (χ3n) is 6.90. The lowest BCUT2D eigenvalue weighted by atomic mass is 9.47. The van der Waals surface area contributed by atoms with Crippen molar-refractivity contribution in [1.82, 2.24) is 5.32 Å². The van der Waals surface area contributed by atoms with Gasteiger partial charge in [-0.3, -0.25) is 9.59 Å². The van der Waals surface area contributed by atoms with Gasteiger partial charge in [0.15, 0.2) is 0 Å². The first-order chi connectivity index (χ1) is 11.3. The Kier molecular flexibility index (Phi) is 3.57. The van der Waals surface area contributed by atoms with Crippen molar-refractivity contribution < 1.29 is 9.59 Å². The molecule has 4 fully saturated rings. The molecule has 4 saturated carbocycles. The Balaban J connectivity index is 1.53. The van der Waals surface area contributed by atoms with Gasteiger partial charge in [-0.2, -0.15) is 11.3 Å². The molecule has 0 spiro atoms. The first-order valence-electron chi connectivity index (χ1n) is 8.95. The Morgan fingerprint density at radius 2 is 1.92 bits per heavy atom. The number of thiophene rings is 1. The molecule has 1 heterocycles. The van der Waals surface area contributed by atoms with Crippen molar-refractivity contribution in [2.45, 2.75) is 57.4 Å². The predicted molar refractivity (Wildman–Crippen MR) is 94.5 cm³/mol. The van der Waals surface area contributed by atoms with Crippen LogP contribution in [-0.2, 0) is 15.0 Å². The molecule has 3 unspecified atom stereocenters. The third-order valence-corrected chi connectivity index (χ3v) is 7.59. The first-order valence-corrected chi connectivity index (χ1v) is 9.90. The van der Waals surface area contributed by atoms with Crippen molar-refractivity contribution in [2.24, 2.45) is 28.9 Å². The lowest BCUT2D eigenvalue weighted by molar-refractivity contribution is -0.148. The summed E-state index contributed by atoms with van der Waals surface area (Å²) in [7, 11) is 0.